The van der Waals surface area contributed by atoms with Crippen molar-refractivity contribution in [1.82, 2.24) is 4.90 Å². The molecule has 0 saturated carbocycles. The summed E-state index contributed by atoms with van der Waals surface area (Å²) in [5.41, 5.74) is 0.816. The van der Waals surface area contributed by atoms with Crippen LogP contribution >= 0.6 is 11.6 Å². The van der Waals surface area contributed by atoms with Crippen LogP contribution in [0.2, 0.25) is 5.02 Å². The Hall–Kier alpha value is -2.83. The zero-order valence-corrected chi connectivity index (χ0v) is 21.4. The molecular formula is C29H31ClF3NO2. The van der Waals surface area contributed by atoms with Gasteiger partial charge in [-0.2, -0.15) is 13.2 Å². The number of carbonyl (C=O) groups is 1. The summed E-state index contributed by atoms with van der Waals surface area (Å²) in [4.78, 5) is 15.0. The van der Waals surface area contributed by atoms with Gasteiger partial charge in [0.15, 0.2) is 0 Å². The highest BCUT2D eigenvalue weighted by molar-refractivity contribution is 6.31. The molecule has 0 saturated heterocycles. The summed E-state index contributed by atoms with van der Waals surface area (Å²) in [6.07, 6.45) is -4.05. The molecule has 0 aliphatic carbocycles. The lowest BCUT2D eigenvalue weighted by atomic mass is 9.97. The molecule has 0 spiro atoms. The molecule has 0 heterocycles. The molecule has 0 bridgehead atoms. The molecule has 3 aromatic rings. The summed E-state index contributed by atoms with van der Waals surface area (Å²) >= 11 is 5.90. The Balaban J connectivity index is 2.02. The molecule has 7 heteroatoms. The summed E-state index contributed by atoms with van der Waals surface area (Å²) in [6.45, 7) is 6.27. The van der Waals surface area contributed by atoms with E-state index in [0.717, 1.165) is 17.2 Å². The lowest BCUT2D eigenvalue weighted by Gasteiger charge is -2.33. The summed E-state index contributed by atoms with van der Waals surface area (Å²) < 4.78 is 46.7. The Labute approximate surface area is 215 Å². The second-order valence-corrected chi connectivity index (χ2v) is 10.1. The van der Waals surface area contributed by atoms with Gasteiger partial charge >= 0.3 is 12.1 Å². The highest BCUT2D eigenvalue weighted by atomic mass is 35.5. The predicted molar refractivity (Wildman–Crippen MR) is 137 cm³/mol. The number of carbonyl (C=O) groups excluding carboxylic acids is 1. The molecule has 0 aromatic heterocycles. The molecule has 3 rings (SSSR count). The largest absolute Gasteiger partial charge is 0.460 e. The van der Waals surface area contributed by atoms with Crippen LogP contribution < -0.4 is 0 Å². The molecule has 192 valence electrons. The number of alkyl halides is 3. The van der Waals surface area contributed by atoms with E-state index in [2.05, 4.69) is 0 Å². The van der Waals surface area contributed by atoms with Crippen molar-refractivity contribution in [2.24, 2.45) is 0 Å². The van der Waals surface area contributed by atoms with E-state index in [1.165, 1.54) is 6.07 Å². The molecule has 0 N–H and O–H groups in total. The van der Waals surface area contributed by atoms with Gasteiger partial charge in [-0.1, -0.05) is 78.3 Å². The first kappa shape index (κ1) is 27.8. The van der Waals surface area contributed by atoms with Crippen molar-refractivity contribution in [3.05, 3.63) is 106 Å². The number of ether oxygens (including phenoxy) is 1. The highest BCUT2D eigenvalue weighted by Gasteiger charge is 2.35. The van der Waals surface area contributed by atoms with E-state index in [0.29, 0.717) is 25.1 Å². The average Bonchev–Trinajstić information content (AvgIpc) is 2.80. The third-order valence-electron chi connectivity index (χ3n) is 5.66. The zero-order valence-electron chi connectivity index (χ0n) is 20.7. The third-order valence-corrected chi connectivity index (χ3v) is 5.99. The van der Waals surface area contributed by atoms with E-state index < -0.39 is 29.4 Å². The minimum Gasteiger partial charge on any atom is -0.460 e. The van der Waals surface area contributed by atoms with E-state index >= 15 is 0 Å². The van der Waals surface area contributed by atoms with Crippen LogP contribution in [0.15, 0.2) is 78.9 Å². The fourth-order valence-electron chi connectivity index (χ4n) is 4.05. The van der Waals surface area contributed by atoms with Crippen molar-refractivity contribution < 1.29 is 22.7 Å². The number of rotatable bonds is 9. The number of esters is 1. The summed E-state index contributed by atoms with van der Waals surface area (Å²) in [7, 11) is 0. The SMILES string of the molecule is CC(C)(C)OC(=O)CC(c1ccc(Cl)c(C(F)(F)F)c1)N(CCc1ccccc1)Cc1ccccc1. The first-order chi connectivity index (χ1) is 16.9. The molecular weight excluding hydrogens is 487 g/mol. The van der Waals surface area contributed by atoms with Gasteiger partial charge in [0.2, 0.25) is 0 Å². The molecule has 3 aromatic carbocycles. The fraction of sp³-hybridized carbons (Fsp3) is 0.345. The van der Waals surface area contributed by atoms with Gasteiger partial charge in [-0.15, -0.1) is 0 Å². The molecule has 3 nitrogen and oxygen atoms in total. The number of hydrogen-bond donors (Lipinski definition) is 0. The zero-order chi connectivity index (χ0) is 26.3. The Kier molecular flexibility index (Phi) is 9.20. The van der Waals surface area contributed by atoms with Gasteiger partial charge in [0.1, 0.15) is 5.60 Å². The van der Waals surface area contributed by atoms with Gasteiger partial charge < -0.3 is 4.74 Å². The van der Waals surface area contributed by atoms with Crippen molar-refractivity contribution in [2.45, 2.75) is 58.0 Å². The smallest absolute Gasteiger partial charge is 0.417 e. The summed E-state index contributed by atoms with van der Waals surface area (Å²) in [6, 6.07) is 22.7. The van der Waals surface area contributed by atoms with E-state index in [-0.39, 0.29) is 11.4 Å². The number of halogens is 4. The van der Waals surface area contributed by atoms with Crippen LogP contribution in [0.4, 0.5) is 13.2 Å². The van der Waals surface area contributed by atoms with Gasteiger partial charge in [-0.25, -0.2) is 0 Å². The maximum absolute atomic E-state index is 13.7. The van der Waals surface area contributed by atoms with Crippen LogP contribution in [0.25, 0.3) is 0 Å². The minimum atomic E-state index is -4.61. The van der Waals surface area contributed by atoms with E-state index in [1.54, 1.807) is 26.8 Å². The molecule has 1 unspecified atom stereocenters. The Morgan fingerprint density at radius 3 is 2.06 bits per heavy atom. The first-order valence-electron chi connectivity index (χ1n) is 11.8. The van der Waals surface area contributed by atoms with Crippen LogP contribution in [0.1, 0.15) is 55.5 Å². The predicted octanol–water partition coefficient (Wildman–Crippen LogP) is 7.88. The van der Waals surface area contributed by atoms with Crippen LogP contribution in [0, 0.1) is 0 Å². The summed E-state index contributed by atoms with van der Waals surface area (Å²) in [5.74, 6) is -0.478. The lowest BCUT2D eigenvalue weighted by Crippen LogP contribution is -2.34. The van der Waals surface area contributed by atoms with E-state index in [4.69, 9.17) is 16.3 Å². The van der Waals surface area contributed by atoms with Crippen LogP contribution in [0.5, 0.6) is 0 Å². The van der Waals surface area contributed by atoms with Crippen molar-refractivity contribution in [3.8, 4) is 0 Å². The van der Waals surface area contributed by atoms with Crippen LogP contribution in [0.3, 0.4) is 0 Å². The molecule has 0 aliphatic heterocycles. The van der Waals surface area contributed by atoms with Crippen molar-refractivity contribution in [2.75, 3.05) is 6.54 Å². The van der Waals surface area contributed by atoms with Crippen molar-refractivity contribution >= 4 is 17.6 Å². The third kappa shape index (κ3) is 8.38. The average molecular weight is 518 g/mol. The van der Waals surface area contributed by atoms with Gasteiger partial charge in [-0.05, 0) is 56.0 Å². The van der Waals surface area contributed by atoms with Gasteiger partial charge in [-0.3, -0.25) is 9.69 Å². The molecule has 1 atom stereocenters. The number of nitrogens with zero attached hydrogens (tertiary/aromatic N) is 1. The lowest BCUT2D eigenvalue weighted by molar-refractivity contribution is -0.156. The Morgan fingerprint density at radius 1 is 0.917 bits per heavy atom. The first-order valence-corrected chi connectivity index (χ1v) is 12.2. The van der Waals surface area contributed by atoms with Gasteiger partial charge in [0, 0.05) is 19.1 Å². The highest BCUT2D eigenvalue weighted by Crippen LogP contribution is 2.38. The number of benzene rings is 3. The quantitative estimate of drug-likeness (QED) is 0.270. The maximum atomic E-state index is 13.7. The van der Waals surface area contributed by atoms with Crippen LogP contribution in [-0.2, 0) is 28.7 Å². The van der Waals surface area contributed by atoms with E-state index in [9.17, 15) is 18.0 Å². The molecule has 0 aliphatic rings. The normalized spacial score (nSPS) is 13.0. The molecule has 36 heavy (non-hydrogen) atoms. The Bertz CT molecular complexity index is 1130. The maximum Gasteiger partial charge on any atom is 0.417 e. The van der Waals surface area contributed by atoms with Crippen molar-refractivity contribution in [1.29, 1.82) is 0 Å². The van der Waals surface area contributed by atoms with Crippen LogP contribution in [-0.4, -0.2) is 23.0 Å². The van der Waals surface area contributed by atoms with Gasteiger partial charge in [0.05, 0.1) is 17.0 Å². The monoisotopic (exact) mass is 517 g/mol. The minimum absolute atomic E-state index is 0.0994. The Morgan fingerprint density at radius 2 is 1.50 bits per heavy atom. The second kappa shape index (κ2) is 11.9. The fourth-order valence-corrected chi connectivity index (χ4v) is 4.27. The standard InChI is InChI=1S/C29H31ClF3NO2/c1-28(2,3)36-27(35)19-26(23-14-15-25(30)24(18-23)29(31,32)33)34(20-22-12-8-5-9-13-22)17-16-21-10-6-4-7-11-21/h4-15,18,26H,16-17,19-20H2,1-3H3. The molecule has 0 radical (unpaired) electrons. The topological polar surface area (TPSA) is 29.5 Å². The van der Waals surface area contributed by atoms with Gasteiger partial charge in [0.25, 0.3) is 0 Å². The number of hydrogen-bond acceptors (Lipinski definition) is 3. The molecule has 0 fully saturated rings. The summed E-state index contributed by atoms with van der Waals surface area (Å²) in [5, 5.41) is -0.374. The van der Waals surface area contributed by atoms with Crippen molar-refractivity contribution in [3.63, 3.8) is 0 Å². The molecule has 0 amide bonds. The second-order valence-electron chi connectivity index (χ2n) is 9.74. The van der Waals surface area contributed by atoms with E-state index in [1.807, 2.05) is 65.6 Å².